The van der Waals surface area contributed by atoms with Gasteiger partial charge in [-0.3, -0.25) is 9.59 Å². The molecule has 0 aromatic rings. The van der Waals surface area contributed by atoms with Gasteiger partial charge in [0.1, 0.15) is 0 Å². The van der Waals surface area contributed by atoms with Crippen molar-refractivity contribution >= 4 is 11.9 Å². The Bertz CT molecular complexity index is 1170. The van der Waals surface area contributed by atoms with Gasteiger partial charge in [0.2, 0.25) is 5.91 Å². The van der Waals surface area contributed by atoms with E-state index in [2.05, 4.69) is 43.5 Å². The summed E-state index contributed by atoms with van der Waals surface area (Å²) in [6.07, 6.45) is 77.6. The van der Waals surface area contributed by atoms with Gasteiger partial charge in [-0.05, 0) is 64.2 Å². The highest BCUT2D eigenvalue weighted by atomic mass is 16.5. The highest BCUT2D eigenvalue weighted by molar-refractivity contribution is 5.76. The molecule has 0 saturated heterocycles. The van der Waals surface area contributed by atoms with E-state index in [1.54, 1.807) is 6.08 Å². The quantitative estimate of drug-likeness (QED) is 0.0320. The predicted octanol–water partition coefficient (Wildman–Crippen LogP) is 20.4. The summed E-state index contributed by atoms with van der Waals surface area (Å²) in [6.45, 7) is 4.92. The van der Waals surface area contributed by atoms with Gasteiger partial charge >= 0.3 is 5.97 Å². The van der Waals surface area contributed by atoms with Crippen LogP contribution in [0.5, 0.6) is 0 Å². The summed E-state index contributed by atoms with van der Waals surface area (Å²) in [6, 6.07) is -0.636. The minimum Gasteiger partial charge on any atom is -0.466 e. The molecular weight excluding hydrogens is 887 g/mol. The van der Waals surface area contributed by atoms with E-state index >= 15 is 0 Å². The van der Waals surface area contributed by atoms with E-state index in [0.717, 1.165) is 57.8 Å². The largest absolute Gasteiger partial charge is 0.466 e. The Kier molecular flexibility index (Phi) is 60.0. The minimum atomic E-state index is -0.851. The fourth-order valence-corrected chi connectivity index (χ4v) is 9.96. The molecule has 6 heteroatoms. The lowest BCUT2D eigenvalue weighted by Crippen LogP contribution is -2.45. The first-order chi connectivity index (χ1) is 35.5. The number of carbonyl (C=O) groups excluding carboxylic acids is 2. The van der Waals surface area contributed by atoms with Crippen molar-refractivity contribution in [1.29, 1.82) is 0 Å². The van der Waals surface area contributed by atoms with Crippen LogP contribution in [0, 0.1) is 0 Å². The summed E-state index contributed by atoms with van der Waals surface area (Å²) < 4.78 is 5.49. The maximum Gasteiger partial charge on any atom is 0.305 e. The molecule has 424 valence electrons. The summed E-state index contributed by atoms with van der Waals surface area (Å²) in [7, 11) is 0. The van der Waals surface area contributed by atoms with Crippen LogP contribution in [0.4, 0.5) is 0 Å². The number of aliphatic hydroxyl groups excluding tert-OH is 2. The van der Waals surface area contributed by atoms with Gasteiger partial charge in [-0.2, -0.15) is 0 Å². The van der Waals surface area contributed by atoms with Gasteiger partial charge in [0.15, 0.2) is 0 Å². The number of ether oxygens (including phenoxy) is 1. The van der Waals surface area contributed by atoms with Crippen molar-refractivity contribution in [3.05, 3.63) is 36.5 Å². The number of amides is 1. The molecule has 3 N–H and O–H groups in total. The number of nitrogens with one attached hydrogen (secondary N) is 1. The zero-order chi connectivity index (χ0) is 52.2. The van der Waals surface area contributed by atoms with Gasteiger partial charge in [-0.25, -0.2) is 0 Å². The van der Waals surface area contributed by atoms with Crippen molar-refractivity contribution in [2.24, 2.45) is 0 Å². The average Bonchev–Trinajstić information content (AvgIpc) is 3.38. The second-order valence-electron chi connectivity index (χ2n) is 22.1. The molecule has 2 unspecified atom stereocenters. The highest BCUT2D eigenvalue weighted by Crippen LogP contribution is 2.17. The first-order valence-electron chi connectivity index (χ1n) is 32.3. The van der Waals surface area contributed by atoms with Crippen molar-refractivity contribution in [2.45, 2.75) is 360 Å². The van der Waals surface area contributed by atoms with Crippen molar-refractivity contribution < 1.29 is 24.5 Å². The van der Waals surface area contributed by atoms with Crippen LogP contribution in [0.1, 0.15) is 348 Å². The standard InChI is InChI=1S/C66H125NO5/c1-3-5-7-9-11-13-15-17-19-30-34-38-42-46-50-54-58-64(69)63(62-68)67-65(70)59-55-51-47-43-39-35-31-28-26-24-22-21-23-25-27-29-33-37-41-45-49-53-57-61-72-66(71)60-56-52-48-44-40-36-32-20-18-16-14-12-10-8-6-4-2/h21,23-24,26,54,58,63-64,68-69H,3-20,22,25,27-53,55-57,59-62H2,1-2H3,(H,67,70)/b23-21-,26-24-,58-54+. The average molecular weight is 1010 g/mol. The molecule has 0 aliphatic rings. The van der Waals surface area contributed by atoms with E-state index in [4.69, 9.17) is 4.74 Å². The Balaban J connectivity index is 3.46. The summed E-state index contributed by atoms with van der Waals surface area (Å²) in [5.74, 6) is -0.0667. The van der Waals surface area contributed by atoms with Crippen LogP contribution in [0.2, 0.25) is 0 Å². The first kappa shape index (κ1) is 70.1. The third-order valence-corrected chi connectivity index (χ3v) is 14.9. The number of carbonyl (C=O) groups is 2. The van der Waals surface area contributed by atoms with Gasteiger partial charge in [0.05, 0.1) is 25.4 Å². The SMILES string of the molecule is CCCCCCCCCCCCCCCC/C=C/C(O)C(CO)NC(=O)CCCCCCCCC/C=C\C/C=C\CCCCCCCCCCCOC(=O)CCCCCCCCCCCCCCCCCC. The van der Waals surface area contributed by atoms with Crippen molar-refractivity contribution in [3.8, 4) is 0 Å². The van der Waals surface area contributed by atoms with Crippen LogP contribution in [-0.4, -0.2) is 47.4 Å². The van der Waals surface area contributed by atoms with Gasteiger partial charge in [-0.15, -0.1) is 0 Å². The number of allylic oxidation sites excluding steroid dienone is 5. The maximum absolute atomic E-state index is 12.5. The molecule has 72 heavy (non-hydrogen) atoms. The maximum atomic E-state index is 12.5. The van der Waals surface area contributed by atoms with Gasteiger partial charge in [0.25, 0.3) is 0 Å². The van der Waals surface area contributed by atoms with Crippen molar-refractivity contribution in [1.82, 2.24) is 5.32 Å². The molecule has 0 aromatic carbocycles. The fraction of sp³-hybridized carbons (Fsp3) is 0.879. The Morgan fingerprint density at radius 3 is 1.06 bits per heavy atom. The molecule has 2 atom stereocenters. The number of esters is 1. The van der Waals surface area contributed by atoms with Crippen LogP contribution in [0.15, 0.2) is 36.5 Å². The first-order valence-corrected chi connectivity index (χ1v) is 32.3. The highest BCUT2D eigenvalue weighted by Gasteiger charge is 2.18. The Labute approximate surface area is 449 Å². The molecule has 0 rings (SSSR count). The lowest BCUT2D eigenvalue weighted by molar-refractivity contribution is -0.143. The molecule has 0 aliphatic carbocycles. The number of unbranched alkanes of at least 4 members (excludes halogenated alkanes) is 45. The zero-order valence-corrected chi connectivity index (χ0v) is 48.4. The van der Waals surface area contributed by atoms with Crippen molar-refractivity contribution in [3.63, 3.8) is 0 Å². The number of hydrogen-bond acceptors (Lipinski definition) is 5. The molecule has 0 fully saturated rings. The van der Waals surface area contributed by atoms with Crippen molar-refractivity contribution in [2.75, 3.05) is 13.2 Å². The zero-order valence-electron chi connectivity index (χ0n) is 48.4. The topological polar surface area (TPSA) is 95.9 Å². The van der Waals surface area contributed by atoms with E-state index in [1.165, 1.54) is 263 Å². The van der Waals surface area contributed by atoms with Crippen LogP contribution in [-0.2, 0) is 14.3 Å². The van der Waals surface area contributed by atoms with Gasteiger partial charge < -0.3 is 20.3 Å². The lowest BCUT2D eigenvalue weighted by Gasteiger charge is -2.20. The molecular formula is C66H125NO5. The molecule has 0 saturated carbocycles. The van der Waals surface area contributed by atoms with Crippen LogP contribution >= 0.6 is 0 Å². The van der Waals surface area contributed by atoms with Gasteiger partial charge in [-0.1, -0.05) is 307 Å². The predicted molar refractivity (Wildman–Crippen MR) is 315 cm³/mol. The molecule has 6 nitrogen and oxygen atoms in total. The van der Waals surface area contributed by atoms with E-state index in [1.807, 2.05) is 6.08 Å². The molecule has 0 radical (unpaired) electrons. The normalized spacial score (nSPS) is 12.8. The summed E-state index contributed by atoms with van der Waals surface area (Å²) in [5.41, 5.74) is 0. The fourth-order valence-electron chi connectivity index (χ4n) is 9.96. The summed E-state index contributed by atoms with van der Waals surface area (Å²) in [4.78, 5) is 24.5. The third kappa shape index (κ3) is 57.4. The molecule has 0 aliphatic heterocycles. The Hall–Kier alpha value is -1.92. The smallest absolute Gasteiger partial charge is 0.305 e. The molecule has 0 spiro atoms. The van der Waals surface area contributed by atoms with E-state index in [0.29, 0.717) is 19.4 Å². The number of hydrogen-bond donors (Lipinski definition) is 3. The number of aliphatic hydroxyl groups is 2. The van der Waals surface area contributed by atoms with Gasteiger partial charge in [0, 0.05) is 12.8 Å². The molecule has 1 amide bonds. The minimum absolute atomic E-state index is 0.0101. The molecule has 0 aromatic heterocycles. The van der Waals surface area contributed by atoms with Crippen LogP contribution in [0.3, 0.4) is 0 Å². The van der Waals surface area contributed by atoms with Crippen LogP contribution in [0.25, 0.3) is 0 Å². The van der Waals surface area contributed by atoms with E-state index < -0.39 is 12.1 Å². The molecule has 0 heterocycles. The van der Waals surface area contributed by atoms with Crippen LogP contribution < -0.4 is 5.32 Å². The lowest BCUT2D eigenvalue weighted by atomic mass is 10.0. The number of rotatable bonds is 60. The second-order valence-corrected chi connectivity index (χ2v) is 22.1. The third-order valence-electron chi connectivity index (χ3n) is 14.9. The van der Waals surface area contributed by atoms with E-state index in [9.17, 15) is 19.8 Å². The monoisotopic (exact) mass is 1010 g/mol. The summed E-state index contributed by atoms with van der Waals surface area (Å²) >= 11 is 0. The Morgan fingerprint density at radius 1 is 0.389 bits per heavy atom. The Morgan fingerprint density at radius 2 is 0.694 bits per heavy atom. The van der Waals surface area contributed by atoms with E-state index in [-0.39, 0.29) is 18.5 Å². The second kappa shape index (κ2) is 61.6. The summed E-state index contributed by atoms with van der Waals surface area (Å²) in [5, 5.41) is 23.1. The molecule has 0 bridgehead atoms.